The van der Waals surface area contributed by atoms with Gasteiger partial charge in [-0.15, -0.1) is 0 Å². The van der Waals surface area contributed by atoms with Gasteiger partial charge < -0.3 is 19.6 Å². The molecule has 0 spiro atoms. The number of hydrogen-bond acceptors (Lipinski definition) is 6. The van der Waals surface area contributed by atoms with Crippen LogP contribution in [0.3, 0.4) is 0 Å². The lowest BCUT2D eigenvalue weighted by Gasteiger charge is -2.43. The summed E-state index contributed by atoms with van der Waals surface area (Å²) in [6.07, 6.45) is 2.77. The fourth-order valence-electron chi connectivity index (χ4n) is 4.92. The van der Waals surface area contributed by atoms with Crippen LogP contribution < -0.4 is 9.64 Å². The number of aromatic nitrogens is 3. The number of piperidine rings is 1. The highest BCUT2D eigenvalue weighted by Gasteiger charge is 2.56. The molecular formula is C22H26FN5O3. The Balaban J connectivity index is 1.40. The summed E-state index contributed by atoms with van der Waals surface area (Å²) in [5, 5.41) is 9.56. The molecule has 2 aliphatic heterocycles. The molecule has 2 aromatic heterocycles. The number of halogens is 1. The van der Waals surface area contributed by atoms with E-state index in [2.05, 4.69) is 19.9 Å². The number of amides is 1. The molecule has 4 heterocycles. The van der Waals surface area contributed by atoms with Crippen molar-refractivity contribution < 1.29 is 19.0 Å². The SMILES string of the molecule is Cc1c(O[C@H]2CCN(C(=O)O)C(C3(C)CC3)[C@H]2F)ncnc1N1CCc2ncccc21. The van der Waals surface area contributed by atoms with Gasteiger partial charge in [0.1, 0.15) is 18.2 Å². The first-order valence-electron chi connectivity index (χ1n) is 10.7. The predicted octanol–water partition coefficient (Wildman–Crippen LogP) is 3.51. The first kappa shape index (κ1) is 20.0. The number of carboxylic acid groups (broad SMARTS) is 1. The van der Waals surface area contributed by atoms with Gasteiger partial charge in [0.2, 0.25) is 5.88 Å². The van der Waals surface area contributed by atoms with Crippen molar-refractivity contribution in [1.29, 1.82) is 0 Å². The zero-order valence-corrected chi connectivity index (χ0v) is 17.7. The summed E-state index contributed by atoms with van der Waals surface area (Å²) >= 11 is 0. The number of hydrogen-bond donors (Lipinski definition) is 1. The molecule has 164 valence electrons. The lowest BCUT2D eigenvalue weighted by molar-refractivity contribution is -0.0390. The molecule has 8 nitrogen and oxygen atoms in total. The minimum atomic E-state index is -1.41. The van der Waals surface area contributed by atoms with E-state index in [0.29, 0.717) is 5.88 Å². The Morgan fingerprint density at radius 3 is 2.84 bits per heavy atom. The summed E-state index contributed by atoms with van der Waals surface area (Å²) in [4.78, 5) is 28.2. The molecule has 1 N–H and O–H groups in total. The number of pyridine rings is 1. The fourth-order valence-corrected chi connectivity index (χ4v) is 4.92. The highest BCUT2D eigenvalue weighted by Crippen LogP contribution is 2.53. The van der Waals surface area contributed by atoms with Crippen molar-refractivity contribution in [2.45, 2.75) is 57.8 Å². The van der Waals surface area contributed by atoms with Crippen LogP contribution in [0.2, 0.25) is 0 Å². The van der Waals surface area contributed by atoms with E-state index in [-0.39, 0.29) is 18.4 Å². The summed E-state index contributed by atoms with van der Waals surface area (Å²) in [6, 6.07) is 3.22. The van der Waals surface area contributed by atoms with Crippen LogP contribution in [0.4, 0.5) is 20.7 Å². The van der Waals surface area contributed by atoms with Gasteiger partial charge in [0, 0.05) is 32.1 Å². The molecule has 1 unspecified atom stereocenters. The molecule has 3 atom stereocenters. The summed E-state index contributed by atoms with van der Waals surface area (Å²) in [5.74, 6) is 1.07. The zero-order valence-electron chi connectivity index (χ0n) is 17.7. The Morgan fingerprint density at radius 1 is 1.29 bits per heavy atom. The third-order valence-electron chi connectivity index (χ3n) is 6.90. The number of alkyl halides is 1. The average molecular weight is 427 g/mol. The third-order valence-corrected chi connectivity index (χ3v) is 6.90. The Bertz CT molecular complexity index is 1010. The number of ether oxygens (including phenoxy) is 1. The van der Waals surface area contributed by atoms with Crippen molar-refractivity contribution >= 4 is 17.6 Å². The third kappa shape index (κ3) is 3.36. The van der Waals surface area contributed by atoms with E-state index in [9.17, 15) is 9.90 Å². The smallest absolute Gasteiger partial charge is 0.407 e. The van der Waals surface area contributed by atoms with Crippen LogP contribution in [0.5, 0.6) is 5.88 Å². The standard InChI is InChI=1S/C22H26FN5O3/c1-13-19(27-10-5-14-15(27)4-3-9-24-14)25-12-26-20(13)31-16-6-11-28(21(29)30)18(17(16)23)22(2)7-8-22/h3-4,9,12,16-18H,5-8,10-11H2,1-2H3,(H,29,30)/t16-,17-,18?/m0/s1. The van der Waals surface area contributed by atoms with Crippen LogP contribution >= 0.6 is 0 Å². The summed E-state index contributed by atoms with van der Waals surface area (Å²) in [5.41, 5.74) is 2.45. The van der Waals surface area contributed by atoms with Crippen molar-refractivity contribution in [2.24, 2.45) is 5.41 Å². The Hall–Kier alpha value is -2.97. The molecule has 0 radical (unpaired) electrons. The average Bonchev–Trinajstić information content (AvgIpc) is 3.35. The number of rotatable bonds is 4. The Labute approximate surface area is 180 Å². The molecule has 0 bridgehead atoms. The second-order valence-corrected chi connectivity index (χ2v) is 8.96. The van der Waals surface area contributed by atoms with Crippen molar-refractivity contribution in [1.82, 2.24) is 19.9 Å². The topological polar surface area (TPSA) is 91.7 Å². The molecule has 1 aliphatic carbocycles. The van der Waals surface area contributed by atoms with E-state index in [1.54, 1.807) is 6.20 Å². The van der Waals surface area contributed by atoms with E-state index in [1.807, 2.05) is 26.0 Å². The highest BCUT2D eigenvalue weighted by molar-refractivity contribution is 5.68. The maximum Gasteiger partial charge on any atom is 0.407 e. The van der Waals surface area contributed by atoms with Crippen LogP contribution in [0.25, 0.3) is 0 Å². The number of likely N-dealkylation sites (tertiary alicyclic amines) is 1. The quantitative estimate of drug-likeness (QED) is 0.798. The summed E-state index contributed by atoms with van der Waals surface area (Å²) in [7, 11) is 0. The van der Waals surface area contributed by atoms with Crippen LogP contribution in [-0.2, 0) is 6.42 Å². The molecule has 0 aromatic carbocycles. The second-order valence-electron chi connectivity index (χ2n) is 8.96. The number of fused-ring (bicyclic) bond motifs is 1. The number of carbonyl (C=O) groups is 1. The van der Waals surface area contributed by atoms with Gasteiger partial charge in [0.15, 0.2) is 6.17 Å². The van der Waals surface area contributed by atoms with E-state index in [4.69, 9.17) is 4.74 Å². The molecule has 1 saturated carbocycles. The van der Waals surface area contributed by atoms with Crippen molar-refractivity contribution in [3.63, 3.8) is 0 Å². The molecule has 1 saturated heterocycles. The Morgan fingerprint density at radius 2 is 2.10 bits per heavy atom. The molecule has 3 aliphatic rings. The maximum absolute atomic E-state index is 15.6. The molecule has 1 amide bonds. The van der Waals surface area contributed by atoms with Gasteiger partial charge in [-0.05, 0) is 37.3 Å². The lowest BCUT2D eigenvalue weighted by atomic mass is 9.86. The van der Waals surface area contributed by atoms with Gasteiger partial charge in [0.25, 0.3) is 0 Å². The van der Waals surface area contributed by atoms with Crippen LogP contribution in [0.1, 0.15) is 37.4 Å². The van der Waals surface area contributed by atoms with Gasteiger partial charge in [-0.2, -0.15) is 0 Å². The second kappa shape index (κ2) is 7.32. The van der Waals surface area contributed by atoms with Gasteiger partial charge in [0.05, 0.1) is 23.0 Å². The molecular weight excluding hydrogens is 401 g/mol. The predicted molar refractivity (Wildman–Crippen MR) is 112 cm³/mol. The minimum absolute atomic E-state index is 0.253. The molecule has 2 fully saturated rings. The van der Waals surface area contributed by atoms with E-state index < -0.39 is 24.4 Å². The fraction of sp³-hybridized carbons (Fsp3) is 0.545. The number of nitrogens with zero attached hydrogens (tertiary/aromatic N) is 5. The molecule has 2 aromatic rings. The van der Waals surface area contributed by atoms with Crippen molar-refractivity contribution in [3.8, 4) is 5.88 Å². The first-order valence-corrected chi connectivity index (χ1v) is 10.7. The Kier molecular flexibility index (Phi) is 4.71. The van der Waals surface area contributed by atoms with Crippen LogP contribution in [0.15, 0.2) is 24.7 Å². The van der Waals surface area contributed by atoms with Gasteiger partial charge in [-0.3, -0.25) is 4.98 Å². The summed E-state index contributed by atoms with van der Waals surface area (Å²) < 4.78 is 21.7. The van der Waals surface area contributed by atoms with Gasteiger partial charge in [-0.25, -0.2) is 19.2 Å². The zero-order chi connectivity index (χ0) is 21.8. The van der Waals surface area contributed by atoms with E-state index >= 15 is 4.39 Å². The largest absolute Gasteiger partial charge is 0.471 e. The normalized spacial score (nSPS) is 26.5. The first-order chi connectivity index (χ1) is 14.9. The van der Waals surface area contributed by atoms with Crippen molar-refractivity contribution in [3.05, 3.63) is 35.9 Å². The van der Waals surface area contributed by atoms with Gasteiger partial charge >= 0.3 is 6.09 Å². The highest BCUT2D eigenvalue weighted by atomic mass is 19.1. The lowest BCUT2D eigenvalue weighted by Crippen LogP contribution is -2.59. The van der Waals surface area contributed by atoms with Crippen molar-refractivity contribution in [2.75, 3.05) is 18.0 Å². The molecule has 31 heavy (non-hydrogen) atoms. The van der Waals surface area contributed by atoms with E-state index in [1.165, 1.54) is 11.2 Å². The molecule has 5 rings (SSSR count). The van der Waals surface area contributed by atoms with Gasteiger partial charge in [-0.1, -0.05) is 6.92 Å². The molecule has 9 heteroatoms. The monoisotopic (exact) mass is 427 g/mol. The van der Waals surface area contributed by atoms with E-state index in [0.717, 1.165) is 48.6 Å². The van der Waals surface area contributed by atoms with Crippen LogP contribution in [-0.4, -0.2) is 62.5 Å². The minimum Gasteiger partial charge on any atom is -0.471 e. The summed E-state index contributed by atoms with van der Waals surface area (Å²) in [6.45, 7) is 4.84. The van der Waals surface area contributed by atoms with Crippen LogP contribution in [0, 0.1) is 12.3 Å². The number of anilines is 2. The maximum atomic E-state index is 15.6.